The van der Waals surface area contributed by atoms with Gasteiger partial charge in [-0.05, 0) is 0 Å². The van der Waals surface area contributed by atoms with Crippen LogP contribution in [0.3, 0.4) is 0 Å². The predicted molar refractivity (Wildman–Crippen MR) is 77.1 cm³/mol. The van der Waals surface area contributed by atoms with Gasteiger partial charge >= 0.3 is 26.2 Å². The maximum atomic E-state index is 3.06. The van der Waals surface area contributed by atoms with E-state index < -0.39 is 0 Å². The molecule has 0 nitrogen and oxygen atoms in total. The molecule has 2 aromatic carbocycles. The van der Waals surface area contributed by atoms with Crippen molar-refractivity contribution in [3.63, 3.8) is 0 Å². The van der Waals surface area contributed by atoms with Gasteiger partial charge in [0.05, 0.1) is 0 Å². The molecular formula is C17H20Zr. The van der Waals surface area contributed by atoms with E-state index in [0.29, 0.717) is 0 Å². The van der Waals surface area contributed by atoms with E-state index in [-0.39, 0.29) is 26.2 Å². The third-order valence-electron chi connectivity index (χ3n) is 2.95. The molecule has 2 rings (SSSR count). The van der Waals surface area contributed by atoms with E-state index in [4.69, 9.17) is 0 Å². The SMILES string of the molecule is C[C-]=C(C)C(C)=CC.[Zr+2].c1ccc2[cH-]ccc2c1. The average Bonchev–Trinajstić information content (AvgIpc) is 2.85. The molecule has 0 aliphatic rings. The van der Waals surface area contributed by atoms with E-state index in [2.05, 4.69) is 68.5 Å². The van der Waals surface area contributed by atoms with E-state index in [9.17, 15) is 0 Å². The molecule has 18 heavy (non-hydrogen) atoms. The zero-order valence-electron chi connectivity index (χ0n) is 11.6. The van der Waals surface area contributed by atoms with Crippen LogP contribution in [-0.4, -0.2) is 0 Å². The summed E-state index contributed by atoms with van der Waals surface area (Å²) in [5.74, 6) is 0. The number of fused-ring (bicyclic) bond motifs is 1. The minimum Gasteiger partial charge on any atom is -0.275 e. The second-order valence-corrected chi connectivity index (χ2v) is 4.00. The number of hydrogen-bond donors (Lipinski definition) is 0. The van der Waals surface area contributed by atoms with Crippen molar-refractivity contribution >= 4 is 10.8 Å². The van der Waals surface area contributed by atoms with Crippen molar-refractivity contribution < 1.29 is 26.2 Å². The van der Waals surface area contributed by atoms with Gasteiger partial charge in [0, 0.05) is 0 Å². The number of benzene rings is 1. The van der Waals surface area contributed by atoms with Crippen molar-refractivity contribution in [3.8, 4) is 0 Å². The van der Waals surface area contributed by atoms with Crippen LogP contribution in [0.1, 0.15) is 27.7 Å². The summed E-state index contributed by atoms with van der Waals surface area (Å²) in [6.07, 6.45) is 5.15. The fourth-order valence-electron chi connectivity index (χ4n) is 1.48. The summed E-state index contributed by atoms with van der Waals surface area (Å²) in [7, 11) is 0. The van der Waals surface area contributed by atoms with Crippen LogP contribution in [0.15, 0.2) is 59.7 Å². The van der Waals surface area contributed by atoms with Crippen LogP contribution in [0.5, 0.6) is 0 Å². The minimum atomic E-state index is 0. The van der Waals surface area contributed by atoms with Gasteiger partial charge in [0.1, 0.15) is 0 Å². The molecule has 92 valence electrons. The molecule has 0 bridgehead atoms. The second kappa shape index (κ2) is 9.17. The van der Waals surface area contributed by atoms with Crippen molar-refractivity contribution in [2.75, 3.05) is 0 Å². The predicted octanol–water partition coefficient (Wildman–Crippen LogP) is 5.28. The minimum absolute atomic E-state index is 0. The van der Waals surface area contributed by atoms with E-state index in [1.807, 2.05) is 13.8 Å². The summed E-state index contributed by atoms with van der Waals surface area (Å²) in [5.41, 5.74) is 2.56. The molecule has 0 amide bonds. The fourth-order valence-corrected chi connectivity index (χ4v) is 1.48. The van der Waals surface area contributed by atoms with Crippen molar-refractivity contribution in [2.24, 2.45) is 0 Å². The molecule has 0 N–H and O–H groups in total. The van der Waals surface area contributed by atoms with Crippen molar-refractivity contribution in [3.05, 3.63) is 65.8 Å². The van der Waals surface area contributed by atoms with Crippen LogP contribution in [-0.2, 0) is 26.2 Å². The topological polar surface area (TPSA) is 0 Å². The largest absolute Gasteiger partial charge is 2.00 e. The van der Waals surface area contributed by atoms with Gasteiger partial charge in [-0.2, -0.15) is 23.6 Å². The van der Waals surface area contributed by atoms with Crippen LogP contribution in [0, 0.1) is 6.08 Å². The van der Waals surface area contributed by atoms with Crippen molar-refractivity contribution in [1.29, 1.82) is 0 Å². The fraction of sp³-hybridized carbons (Fsp3) is 0.235. The third kappa shape index (κ3) is 5.23. The monoisotopic (exact) mass is 314 g/mol. The van der Waals surface area contributed by atoms with Crippen LogP contribution < -0.4 is 0 Å². The van der Waals surface area contributed by atoms with Crippen LogP contribution in [0.2, 0.25) is 0 Å². The number of rotatable bonds is 1. The molecule has 0 aliphatic carbocycles. The van der Waals surface area contributed by atoms with Crippen LogP contribution >= 0.6 is 0 Å². The Morgan fingerprint density at radius 1 is 1.17 bits per heavy atom. The van der Waals surface area contributed by atoms with Gasteiger partial charge in [-0.3, -0.25) is 6.08 Å². The Bertz CT molecular complexity index is 469. The summed E-state index contributed by atoms with van der Waals surface area (Å²) in [4.78, 5) is 0. The first-order chi connectivity index (χ1) is 8.19. The van der Waals surface area contributed by atoms with Gasteiger partial charge in [-0.25, -0.2) is 11.1 Å². The first-order valence-electron chi connectivity index (χ1n) is 5.94. The quantitative estimate of drug-likeness (QED) is 0.496. The maximum Gasteiger partial charge on any atom is 2.00 e. The standard InChI is InChI=1S/C9H7.C8H13.Zr/c1-2-5-9-7-3-6-8(9)4-1;1-5-7(3)8(4)6-2;/h1-7H;5H,1-4H3;/q2*-1;+2. The average molecular weight is 316 g/mol. The smallest absolute Gasteiger partial charge is 0.275 e. The Balaban J connectivity index is 0.000000308. The second-order valence-electron chi connectivity index (χ2n) is 4.00. The van der Waals surface area contributed by atoms with Gasteiger partial charge in [0.15, 0.2) is 0 Å². The molecule has 0 saturated carbocycles. The van der Waals surface area contributed by atoms with Crippen LogP contribution in [0.25, 0.3) is 10.8 Å². The van der Waals surface area contributed by atoms with Gasteiger partial charge < -0.3 is 0 Å². The van der Waals surface area contributed by atoms with Gasteiger partial charge in [0.2, 0.25) is 0 Å². The Kier molecular flexibility index (Phi) is 8.76. The summed E-state index contributed by atoms with van der Waals surface area (Å²) in [5, 5.41) is 2.66. The first-order valence-corrected chi connectivity index (χ1v) is 5.94. The van der Waals surface area contributed by atoms with E-state index in [1.165, 1.54) is 21.9 Å². The zero-order valence-corrected chi connectivity index (χ0v) is 14.1. The van der Waals surface area contributed by atoms with Crippen molar-refractivity contribution in [1.82, 2.24) is 0 Å². The molecule has 0 unspecified atom stereocenters. The Morgan fingerprint density at radius 2 is 1.83 bits per heavy atom. The molecular weight excluding hydrogens is 295 g/mol. The summed E-state index contributed by atoms with van der Waals surface area (Å²) >= 11 is 0. The molecule has 0 fully saturated rings. The Labute approximate surface area is 130 Å². The van der Waals surface area contributed by atoms with E-state index >= 15 is 0 Å². The Hall–Kier alpha value is -0.807. The molecule has 0 aliphatic heterocycles. The molecule has 0 saturated heterocycles. The molecule has 0 atom stereocenters. The molecule has 0 aromatic heterocycles. The van der Waals surface area contributed by atoms with Gasteiger partial charge in [0.25, 0.3) is 0 Å². The first kappa shape index (κ1) is 17.2. The number of allylic oxidation sites excluding steroid dienone is 4. The molecule has 0 spiro atoms. The van der Waals surface area contributed by atoms with Gasteiger partial charge in [-0.1, -0.05) is 19.9 Å². The third-order valence-corrected chi connectivity index (χ3v) is 2.95. The van der Waals surface area contributed by atoms with E-state index in [1.54, 1.807) is 0 Å². The molecule has 0 radical (unpaired) electrons. The number of hydrogen-bond acceptors (Lipinski definition) is 0. The normalized spacial score (nSPS) is 11.6. The summed E-state index contributed by atoms with van der Waals surface area (Å²) in [6, 6.07) is 14.7. The molecule has 0 heterocycles. The molecule has 2 aromatic rings. The maximum absolute atomic E-state index is 3.06. The van der Waals surface area contributed by atoms with Crippen LogP contribution in [0.4, 0.5) is 0 Å². The van der Waals surface area contributed by atoms with Gasteiger partial charge in [-0.15, -0.1) is 43.5 Å². The Morgan fingerprint density at radius 3 is 2.33 bits per heavy atom. The summed E-state index contributed by atoms with van der Waals surface area (Å²) in [6.45, 7) is 8.12. The van der Waals surface area contributed by atoms with E-state index in [0.717, 1.165) is 0 Å². The van der Waals surface area contributed by atoms with Crippen molar-refractivity contribution in [2.45, 2.75) is 27.7 Å². The summed E-state index contributed by atoms with van der Waals surface area (Å²) < 4.78 is 0. The zero-order chi connectivity index (χ0) is 12.7. The molecule has 1 heteroatoms.